The van der Waals surface area contributed by atoms with Crippen LogP contribution in [-0.2, 0) is 7.05 Å². The van der Waals surface area contributed by atoms with Gasteiger partial charge in [-0.15, -0.1) is 10.2 Å². The van der Waals surface area contributed by atoms with E-state index < -0.39 is 0 Å². The second kappa shape index (κ2) is 3.78. The Morgan fingerprint density at radius 2 is 1.82 bits per heavy atom. The first kappa shape index (κ1) is 10.2. The number of hydrogen-bond acceptors (Lipinski definition) is 4. The molecular weight excluding hydrogens is 238 g/mol. The summed E-state index contributed by atoms with van der Waals surface area (Å²) in [4.78, 5) is 4.33. The Balaban J connectivity index is 2.31. The molecule has 6 heteroatoms. The average molecular weight is 246 g/mol. The van der Waals surface area contributed by atoms with E-state index in [1.165, 1.54) is 0 Å². The summed E-state index contributed by atoms with van der Waals surface area (Å²) in [6.45, 7) is 0. The van der Waals surface area contributed by atoms with E-state index in [0.717, 1.165) is 11.4 Å². The van der Waals surface area contributed by atoms with Crippen LogP contribution in [0.2, 0.25) is 5.15 Å². The van der Waals surface area contributed by atoms with Crippen LogP contribution in [0.4, 0.5) is 0 Å². The van der Waals surface area contributed by atoms with E-state index in [4.69, 9.17) is 11.6 Å². The Bertz CT molecular complexity index is 634. The highest BCUT2D eigenvalue weighted by Crippen LogP contribution is 2.28. The summed E-state index contributed by atoms with van der Waals surface area (Å²) in [5.74, 6) is 1.37. The maximum absolute atomic E-state index is 6.06. The van der Waals surface area contributed by atoms with Crippen molar-refractivity contribution >= 4 is 11.6 Å². The Morgan fingerprint density at radius 3 is 2.59 bits per heavy atom. The van der Waals surface area contributed by atoms with E-state index >= 15 is 0 Å². The average Bonchev–Trinajstić information content (AvgIpc) is 2.85. The van der Waals surface area contributed by atoms with Gasteiger partial charge >= 0.3 is 0 Å². The molecule has 84 valence electrons. The molecule has 1 aromatic rings. The predicted molar refractivity (Wildman–Crippen MR) is 63.7 cm³/mol. The van der Waals surface area contributed by atoms with Crippen molar-refractivity contribution in [3.63, 3.8) is 0 Å². The summed E-state index contributed by atoms with van der Waals surface area (Å²) >= 11 is 6.06. The van der Waals surface area contributed by atoms with Gasteiger partial charge in [-0.05, 0) is 5.21 Å². The molecule has 0 fully saturated rings. The molecule has 1 aromatic carbocycles. The van der Waals surface area contributed by atoms with Crippen molar-refractivity contribution in [3.05, 3.63) is 35.5 Å². The highest BCUT2D eigenvalue weighted by molar-refractivity contribution is 6.31. The lowest BCUT2D eigenvalue weighted by Gasteiger charge is -2.11. The summed E-state index contributed by atoms with van der Waals surface area (Å²) in [6.07, 6.45) is 0. The van der Waals surface area contributed by atoms with Gasteiger partial charge in [0.25, 0.3) is 0 Å². The molecule has 0 saturated carbocycles. The fourth-order valence-electron chi connectivity index (χ4n) is 1.73. The molecule has 0 amide bonds. The van der Waals surface area contributed by atoms with Crippen molar-refractivity contribution < 1.29 is 0 Å². The second-order valence-electron chi connectivity index (χ2n) is 3.61. The van der Waals surface area contributed by atoms with Gasteiger partial charge in [0.15, 0.2) is 16.7 Å². The summed E-state index contributed by atoms with van der Waals surface area (Å²) in [7, 11) is 1.87. The van der Waals surface area contributed by atoms with E-state index in [1.807, 2.05) is 41.9 Å². The van der Waals surface area contributed by atoms with Crippen molar-refractivity contribution in [2.45, 2.75) is 0 Å². The lowest BCUT2D eigenvalue weighted by molar-refractivity contribution is 0.850. The van der Waals surface area contributed by atoms with Crippen LogP contribution in [0.15, 0.2) is 30.3 Å². The van der Waals surface area contributed by atoms with Gasteiger partial charge in [-0.25, -0.2) is 4.98 Å². The Morgan fingerprint density at radius 1 is 1.06 bits per heavy atom. The maximum Gasteiger partial charge on any atom is 0.189 e. The Labute approximate surface area is 102 Å². The molecule has 0 aliphatic carbocycles. The lowest BCUT2D eigenvalue weighted by atomic mass is 10.2. The van der Waals surface area contributed by atoms with Crippen LogP contribution >= 0.6 is 11.6 Å². The zero-order valence-electron chi connectivity index (χ0n) is 9.00. The van der Waals surface area contributed by atoms with E-state index in [0.29, 0.717) is 16.7 Å². The van der Waals surface area contributed by atoms with Crippen LogP contribution < -0.4 is 0 Å². The molecule has 2 aliphatic heterocycles. The predicted octanol–water partition coefficient (Wildman–Crippen LogP) is 2.03. The van der Waals surface area contributed by atoms with Crippen molar-refractivity contribution in [1.29, 1.82) is 0 Å². The number of benzene rings is 1. The normalized spacial score (nSPS) is 10.9. The molecular formula is C11H8ClN5. The molecule has 0 radical (unpaired) electrons. The number of aromatic nitrogens is 5. The number of hydrogen-bond donors (Lipinski definition) is 0. The third-order valence-corrected chi connectivity index (χ3v) is 2.83. The van der Waals surface area contributed by atoms with Gasteiger partial charge in [-0.2, -0.15) is 0 Å². The fourth-order valence-corrected chi connectivity index (χ4v) is 1.93. The Kier molecular flexibility index (Phi) is 2.26. The smallest absolute Gasteiger partial charge is 0.189 e. The van der Waals surface area contributed by atoms with Gasteiger partial charge in [0.05, 0.1) is 0 Å². The topological polar surface area (TPSA) is 56.5 Å². The molecule has 0 aromatic heterocycles. The molecule has 17 heavy (non-hydrogen) atoms. The quantitative estimate of drug-likeness (QED) is 0.616. The SMILES string of the molecule is Cn1c(-c2ccccc2)nc(Cl)c2nnnc1-2. The fraction of sp³-hybridized carbons (Fsp3) is 0.0909. The zero-order valence-corrected chi connectivity index (χ0v) is 9.76. The van der Waals surface area contributed by atoms with Gasteiger partial charge in [0, 0.05) is 12.6 Å². The minimum atomic E-state index is 0.321. The van der Waals surface area contributed by atoms with Crippen LogP contribution in [0, 0.1) is 0 Å². The third kappa shape index (κ3) is 1.55. The summed E-state index contributed by atoms with van der Waals surface area (Å²) in [5.41, 5.74) is 1.50. The first-order chi connectivity index (χ1) is 8.27. The van der Waals surface area contributed by atoms with Crippen LogP contribution in [0.1, 0.15) is 0 Å². The second-order valence-corrected chi connectivity index (χ2v) is 3.97. The number of rotatable bonds is 1. The molecule has 0 spiro atoms. The minimum Gasteiger partial charge on any atom is -0.310 e. The lowest BCUT2D eigenvalue weighted by Crippen LogP contribution is -2.06. The zero-order chi connectivity index (χ0) is 11.8. The van der Waals surface area contributed by atoms with Gasteiger partial charge in [-0.3, -0.25) is 0 Å². The molecule has 0 atom stereocenters. The van der Waals surface area contributed by atoms with Crippen LogP contribution in [0.25, 0.3) is 22.9 Å². The number of fused-ring (bicyclic) bond motifs is 1. The molecule has 2 heterocycles. The van der Waals surface area contributed by atoms with Crippen LogP contribution in [0.5, 0.6) is 0 Å². The monoisotopic (exact) mass is 245 g/mol. The molecule has 0 N–H and O–H groups in total. The third-order valence-electron chi connectivity index (χ3n) is 2.56. The van der Waals surface area contributed by atoms with E-state index in [9.17, 15) is 0 Å². The first-order valence-electron chi connectivity index (χ1n) is 5.04. The van der Waals surface area contributed by atoms with Crippen molar-refractivity contribution in [2.24, 2.45) is 7.05 Å². The maximum atomic E-state index is 6.06. The van der Waals surface area contributed by atoms with Crippen molar-refractivity contribution in [1.82, 2.24) is 25.0 Å². The van der Waals surface area contributed by atoms with E-state index in [2.05, 4.69) is 20.4 Å². The number of halogens is 1. The molecule has 0 unspecified atom stereocenters. The Hall–Kier alpha value is -2.01. The van der Waals surface area contributed by atoms with Crippen molar-refractivity contribution in [2.75, 3.05) is 0 Å². The van der Waals surface area contributed by atoms with Gasteiger partial charge in [0.1, 0.15) is 5.82 Å². The van der Waals surface area contributed by atoms with Crippen LogP contribution in [0.3, 0.4) is 0 Å². The molecule has 0 bridgehead atoms. The summed E-state index contributed by atoms with van der Waals surface area (Å²) in [5, 5.41) is 11.7. The molecule has 5 nitrogen and oxygen atoms in total. The highest BCUT2D eigenvalue weighted by Gasteiger charge is 2.19. The summed E-state index contributed by atoms with van der Waals surface area (Å²) < 4.78 is 1.83. The molecule has 3 rings (SSSR count). The highest BCUT2D eigenvalue weighted by atomic mass is 35.5. The minimum absolute atomic E-state index is 0.321. The molecule has 0 saturated heterocycles. The standard InChI is InChI=1S/C11H8ClN5/c1-17-10(7-5-3-2-4-6-7)13-9(12)8-11(17)15-16-14-8/h2-6H,1H3. The summed E-state index contributed by atoms with van der Waals surface area (Å²) in [6, 6.07) is 9.78. The molecule has 2 aliphatic rings. The number of nitrogens with zero attached hydrogens (tertiary/aromatic N) is 5. The largest absolute Gasteiger partial charge is 0.310 e. The van der Waals surface area contributed by atoms with Gasteiger partial charge in [0.2, 0.25) is 0 Å². The van der Waals surface area contributed by atoms with Gasteiger partial charge < -0.3 is 4.57 Å². The van der Waals surface area contributed by atoms with E-state index in [-0.39, 0.29) is 0 Å². The van der Waals surface area contributed by atoms with E-state index in [1.54, 1.807) is 0 Å². The van der Waals surface area contributed by atoms with Crippen LogP contribution in [-0.4, -0.2) is 25.0 Å². The first-order valence-corrected chi connectivity index (χ1v) is 5.42. The van der Waals surface area contributed by atoms with Crippen molar-refractivity contribution in [3.8, 4) is 22.9 Å². The van der Waals surface area contributed by atoms with Gasteiger partial charge in [-0.1, -0.05) is 41.9 Å².